The Hall–Kier alpha value is -4.81. The van der Waals surface area contributed by atoms with Gasteiger partial charge in [-0.3, -0.25) is 14.9 Å². The minimum atomic E-state index is -0.462. The number of non-ortho nitro benzene ring substituents is 1. The summed E-state index contributed by atoms with van der Waals surface area (Å²) in [6, 6.07) is 23.7. The van der Waals surface area contributed by atoms with Crippen LogP contribution in [0.4, 0.5) is 5.69 Å². The standard InChI is InChI=1S/C26H17N5O3S/c27-13-17-5-1-2-6-18(17)15-30-16-20(22-7-3-4-8-23(22)30)14-28-29-26(32)25-12-19-11-21(31(33)34)9-10-24(19)35-25/h1-12,14,16H,15H2,(H,29,32)/b28-14-. The molecule has 5 aromatic rings. The van der Waals surface area contributed by atoms with Crippen LogP contribution in [0, 0.1) is 21.4 Å². The predicted octanol–water partition coefficient (Wildman–Crippen LogP) is 5.45. The van der Waals surface area contributed by atoms with Gasteiger partial charge >= 0.3 is 0 Å². The van der Waals surface area contributed by atoms with Crippen LogP contribution in [0.25, 0.3) is 21.0 Å². The average Bonchev–Trinajstić information content (AvgIpc) is 3.46. The van der Waals surface area contributed by atoms with Crippen LogP contribution in [0.2, 0.25) is 0 Å². The number of nitro benzene ring substituents is 1. The van der Waals surface area contributed by atoms with Gasteiger partial charge in [-0.25, -0.2) is 5.43 Å². The zero-order valence-corrected chi connectivity index (χ0v) is 19.0. The van der Waals surface area contributed by atoms with Crippen LogP contribution in [-0.4, -0.2) is 21.6 Å². The van der Waals surface area contributed by atoms with Gasteiger partial charge in [0.05, 0.1) is 27.6 Å². The lowest BCUT2D eigenvalue weighted by atomic mass is 10.1. The second-order valence-corrected chi connectivity index (χ2v) is 8.87. The molecule has 0 aliphatic carbocycles. The van der Waals surface area contributed by atoms with Gasteiger partial charge in [0.2, 0.25) is 0 Å². The molecule has 0 bridgehead atoms. The van der Waals surface area contributed by atoms with Crippen LogP contribution in [0.3, 0.4) is 0 Å². The van der Waals surface area contributed by atoms with Gasteiger partial charge in [-0.05, 0) is 29.8 Å². The van der Waals surface area contributed by atoms with Gasteiger partial charge in [0.25, 0.3) is 11.6 Å². The van der Waals surface area contributed by atoms with E-state index in [0.717, 1.165) is 26.7 Å². The van der Waals surface area contributed by atoms with Gasteiger partial charge in [-0.15, -0.1) is 11.3 Å². The average molecular weight is 480 g/mol. The summed E-state index contributed by atoms with van der Waals surface area (Å²) in [4.78, 5) is 23.6. The number of hydrogen-bond donors (Lipinski definition) is 1. The Morgan fingerprint density at radius 1 is 1.14 bits per heavy atom. The van der Waals surface area contributed by atoms with E-state index in [2.05, 4.69) is 16.6 Å². The lowest BCUT2D eigenvalue weighted by Gasteiger charge is -2.07. The van der Waals surface area contributed by atoms with Crippen molar-refractivity contribution in [2.24, 2.45) is 5.10 Å². The van der Waals surface area contributed by atoms with E-state index in [1.54, 1.807) is 24.4 Å². The SMILES string of the molecule is N#Cc1ccccc1Cn1cc(/C=N\NC(=O)c2cc3cc([N+](=O)[O-])ccc3s2)c2ccccc21. The number of nitriles is 1. The van der Waals surface area contributed by atoms with Crippen molar-refractivity contribution in [3.63, 3.8) is 0 Å². The van der Waals surface area contributed by atoms with E-state index in [0.29, 0.717) is 22.4 Å². The first-order chi connectivity index (χ1) is 17.0. The second kappa shape index (κ2) is 9.21. The van der Waals surface area contributed by atoms with Crippen molar-refractivity contribution in [1.82, 2.24) is 9.99 Å². The van der Waals surface area contributed by atoms with E-state index < -0.39 is 10.8 Å². The van der Waals surface area contributed by atoms with Crippen molar-refractivity contribution in [2.75, 3.05) is 0 Å². The van der Waals surface area contributed by atoms with E-state index in [1.165, 1.54) is 23.5 Å². The minimum Gasteiger partial charge on any atom is -0.342 e. The maximum atomic E-state index is 12.6. The largest absolute Gasteiger partial charge is 0.342 e. The quantitative estimate of drug-likeness (QED) is 0.198. The highest BCUT2D eigenvalue weighted by Gasteiger charge is 2.13. The van der Waals surface area contributed by atoms with Crippen LogP contribution in [0.1, 0.15) is 26.4 Å². The predicted molar refractivity (Wildman–Crippen MR) is 136 cm³/mol. The van der Waals surface area contributed by atoms with Crippen LogP contribution in [0.15, 0.2) is 84.1 Å². The highest BCUT2D eigenvalue weighted by atomic mass is 32.1. The summed E-state index contributed by atoms with van der Waals surface area (Å²) in [6.07, 6.45) is 3.53. The summed E-state index contributed by atoms with van der Waals surface area (Å²) >= 11 is 1.24. The number of nitro groups is 1. The molecule has 1 N–H and O–H groups in total. The summed E-state index contributed by atoms with van der Waals surface area (Å²) in [5.74, 6) is -0.392. The molecular weight excluding hydrogens is 462 g/mol. The maximum absolute atomic E-state index is 12.6. The third-order valence-electron chi connectivity index (χ3n) is 5.60. The highest BCUT2D eigenvalue weighted by molar-refractivity contribution is 7.20. The number of rotatable bonds is 6. The first kappa shape index (κ1) is 22.0. The normalized spacial score (nSPS) is 11.2. The van der Waals surface area contributed by atoms with Gasteiger partial charge in [-0.1, -0.05) is 36.4 Å². The van der Waals surface area contributed by atoms with Crippen LogP contribution in [0.5, 0.6) is 0 Å². The molecule has 0 unspecified atom stereocenters. The van der Waals surface area contributed by atoms with Crippen LogP contribution >= 0.6 is 11.3 Å². The van der Waals surface area contributed by atoms with E-state index in [9.17, 15) is 20.2 Å². The molecule has 0 fully saturated rings. The molecule has 0 radical (unpaired) electrons. The number of hydrogen-bond acceptors (Lipinski definition) is 6. The zero-order valence-electron chi connectivity index (χ0n) is 18.2. The highest BCUT2D eigenvalue weighted by Crippen LogP contribution is 2.29. The Bertz CT molecular complexity index is 1680. The molecule has 0 saturated heterocycles. The number of carbonyl (C=O) groups is 1. The van der Waals surface area contributed by atoms with Crippen molar-refractivity contribution in [3.8, 4) is 6.07 Å². The molecule has 35 heavy (non-hydrogen) atoms. The molecule has 170 valence electrons. The molecule has 1 amide bonds. The first-order valence-electron chi connectivity index (χ1n) is 10.6. The van der Waals surface area contributed by atoms with Crippen LogP contribution < -0.4 is 5.43 Å². The zero-order chi connectivity index (χ0) is 24.4. The van der Waals surface area contributed by atoms with Gasteiger partial charge in [0, 0.05) is 51.4 Å². The molecule has 0 aliphatic heterocycles. The number of fused-ring (bicyclic) bond motifs is 2. The number of nitrogens with zero attached hydrogens (tertiary/aromatic N) is 4. The monoisotopic (exact) mass is 479 g/mol. The number of amides is 1. The van der Waals surface area contributed by atoms with Gasteiger partial charge in [0.15, 0.2) is 0 Å². The Morgan fingerprint density at radius 3 is 2.77 bits per heavy atom. The molecule has 0 aliphatic rings. The molecule has 0 atom stereocenters. The topological polar surface area (TPSA) is 113 Å². The Labute approximate surface area is 203 Å². The molecular formula is C26H17N5O3S. The third-order valence-corrected chi connectivity index (χ3v) is 6.72. The molecule has 3 aromatic carbocycles. The number of hydrazone groups is 1. The van der Waals surface area contributed by atoms with Gasteiger partial charge in [0.1, 0.15) is 0 Å². The van der Waals surface area contributed by atoms with Crippen molar-refractivity contribution < 1.29 is 9.72 Å². The fourth-order valence-corrected chi connectivity index (χ4v) is 4.86. The van der Waals surface area contributed by atoms with E-state index in [-0.39, 0.29) is 5.69 Å². The maximum Gasteiger partial charge on any atom is 0.281 e. The molecule has 2 aromatic heterocycles. The molecule has 5 rings (SSSR count). The smallest absolute Gasteiger partial charge is 0.281 e. The minimum absolute atomic E-state index is 0.0194. The number of benzene rings is 3. The Balaban J connectivity index is 1.38. The first-order valence-corrected chi connectivity index (χ1v) is 11.4. The van der Waals surface area contributed by atoms with Crippen molar-refractivity contribution in [3.05, 3.63) is 111 Å². The summed E-state index contributed by atoms with van der Waals surface area (Å²) in [7, 11) is 0. The summed E-state index contributed by atoms with van der Waals surface area (Å²) in [6.45, 7) is 0.526. The number of aromatic nitrogens is 1. The molecule has 8 nitrogen and oxygen atoms in total. The molecule has 0 spiro atoms. The third kappa shape index (κ3) is 4.38. The van der Waals surface area contributed by atoms with E-state index in [4.69, 9.17) is 0 Å². The van der Waals surface area contributed by atoms with Gasteiger partial charge in [-0.2, -0.15) is 10.4 Å². The summed E-state index contributed by atoms with van der Waals surface area (Å²) in [5.41, 5.74) is 5.87. The lowest BCUT2D eigenvalue weighted by Crippen LogP contribution is -2.16. The molecule has 0 saturated carbocycles. The van der Waals surface area contributed by atoms with E-state index >= 15 is 0 Å². The summed E-state index contributed by atoms with van der Waals surface area (Å²) < 4.78 is 2.83. The summed E-state index contributed by atoms with van der Waals surface area (Å²) in [5, 5.41) is 26.1. The van der Waals surface area contributed by atoms with E-state index in [1.807, 2.05) is 53.2 Å². The van der Waals surface area contributed by atoms with Crippen molar-refractivity contribution >= 4 is 50.1 Å². The van der Waals surface area contributed by atoms with Crippen LogP contribution in [-0.2, 0) is 6.54 Å². The lowest BCUT2D eigenvalue weighted by molar-refractivity contribution is -0.384. The number of carbonyl (C=O) groups excluding carboxylic acids is 1. The fraction of sp³-hybridized carbons (Fsp3) is 0.0385. The Kier molecular flexibility index (Phi) is 5.79. The molecule has 9 heteroatoms. The molecule has 2 heterocycles. The van der Waals surface area contributed by atoms with Crippen molar-refractivity contribution in [1.29, 1.82) is 5.26 Å². The number of nitrogens with one attached hydrogen (secondary N) is 1. The van der Waals surface area contributed by atoms with Crippen molar-refractivity contribution in [2.45, 2.75) is 6.54 Å². The fourth-order valence-electron chi connectivity index (χ4n) is 3.93. The Morgan fingerprint density at radius 2 is 1.94 bits per heavy atom. The number of thiophene rings is 1. The van der Waals surface area contributed by atoms with Gasteiger partial charge < -0.3 is 4.57 Å². The second-order valence-electron chi connectivity index (χ2n) is 7.79. The number of para-hydroxylation sites is 1.